The number of carbonyl (C=O) groups is 1. The Morgan fingerprint density at radius 2 is 1.70 bits per heavy atom. The zero-order chi connectivity index (χ0) is 21.7. The molecule has 0 aliphatic rings. The van der Waals surface area contributed by atoms with E-state index >= 15 is 0 Å². The van der Waals surface area contributed by atoms with E-state index in [0.29, 0.717) is 6.54 Å². The number of sulfone groups is 1. The Hall–Kier alpha value is -3.13. The molecule has 0 radical (unpaired) electrons. The standard InChI is InChI=1S/C22H20F2N2O3S/c1-16-5-2-3-7-19(16)15-26(14-17-6-4-12-25-13-17)21(27)18-8-10-20(11-9-18)30(28,29)22(23)24/h2-13,22H,14-15H2,1H3. The zero-order valence-corrected chi connectivity index (χ0v) is 17.0. The summed E-state index contributed by atoms with van der Waals surface area (Å²) in [4.78, 5) is 18.3. The van der Waals surface area contributed by atoms with Crippen molar-refractivity contribution in [2.24, 2.45) is 0 Å². The van der Waals surface area contributed by atoms with Crippen molar-refractivity contribution in [1.82, 2.24) is 9.88 Å². The van der Waals surface area contributed by atoms with E-state index in [1.165, 1.54) is 12.1 Å². The Morgan fingerprint density at radius 3 is 2.30 bits per heavy atom. The number of hydrogen-bond acceptors (Lipinski definition) is 4. The van der Waals surface area contributed by atoms with Crippen LogP contribution in [0.5, 0.6) is 0 Å². The number of hydrogen-bond donors (Lipinski definition) is 0. The van der Waals surface area contributed by atoms with Gasteiger partial charge in [0, 0.05) is 31.0 Å². The Bertz CT molecular complexity index is 1120. The van der Waals surface area contributed by atoms with E-state index < -0.39 is 20.5 Å². The van der Waals surface area contributed by atoms with Crippen LogP contribution < -0.4 is 0 Å². The number of rotatable bonds is 7. The highest BCUT2D eigenvalue weighted by Crippen LogP contribution is 2.21. The molecule has 5 nitrogen and oxygen atoms in total. The minimum absolute atomic E-state index is 0.209. The quantitative estimate of drug-likeness (QED) is 0.563. The molecule has 8 heteroatoms. The normalized spacial score (nSPS) is 11.5. The second-order valence-electron chi connectivity index (χ2n) is 6.78. The number of nitrogens with zero attached hydrogens (tertiary/aromatic N) is 2. The lowest BCUT2D eigenvalue weighted by Gasteiger charge is -2.24. The summed E-state index contributed by atoms with van der Waals surface area (Å²) in [5, 5.41) is 0. The Balaban J connectivity index is 1.90. The van der Waals surface area contributed by atoms with Gasteiger partial charge >= 0.3 is 5.76 Å². The predicted octanol–water partition coefficient (Wildman–Crippen LogP) is 4.23. The maximum absolute atomic E-state index is 13.2. The fourth-order valence-corrected chi connectivity index (χ4v) is 3.70. The first kappa shape index (κ1) is 21.6. The summed E-state index contributed by atoms with van der Waals surface area (Å²) in [5.41, 5.74) is 3.03. The molecule has 0 atom stereocenters. The second kappa shape index (κ2) is 9.13. The van der Waals surface area contributed by atoms with Crippen LogP contribution in [0.3, 0.4) is 0 Å². The second-order valence-corrected chi connectivity index (χ2v) is 8.70. The summed E-state index contributed by atoms with van der Waals surface area (Å²) < 4.78 is 48.7. The van der Waals surface area contributed by atoms with Crippen LogP contribution in [0.4, 0.5) is 8.78 Å². The molecular formula is C22H20F2N2O3S. The van der Waals surface area contributed by atoms with E-state index in [1.54, 1.807) is 23.4 Å². The maximum Gasteiger partial charge on any atom is 0.341 e. The molecule has 0 aliphatic heterocycles. The van der Waals surface area contributed by atoms with E-state index in [2.05, 4.69) is 4.98 Å². The fraction of sp³-hybridized carbons (Fsp3) is 0.182. The molecule has 3 rings (SSSR count). The third kappa shape index (κ3) is 4.88. The number of carbonyl (C=O) groups excluding carboxylic acids is 1. The first-order valence-electron chi connectivity index (χ1n) is 9.14. The van der Waals surface area contributed by atoms with Crippen molar-refractivity contribution in [2.45, 2.75) is 30.7 Å². The summed E-state index contributed by atoms with van der Waals surface area (Å²) in [6, 6.07) is 15.9. The molecule has 156 valence electrons. The molecule has 0 saturated heterocycles. The first-order chi connectivity index (χ1) is 14.3. The van der Waals surface area contributed by atoms with Crippen molar-refractivity contribution in [2.75, 3.05) is 0 Å². The number of alkyl halides is 2. The monoisotopic (exact) mass is 430 g/mol. The van der Waals surface area contributed by atoms with Crippen LogP contribution in [-0.4, -0.2) is 30.0 Å². The molecule has 0 unspecified atom stereocenters. The van der Waals surface area contributed by atoms with Crippen molar-refractivity contribution in [1.29, 1.82) is 0 Å². The van der Waals surface area contributed by atoms with E-state index in [9.17, 15) is 22.0 Å². The van der Waals surface area contributed by atoms with Gasteiger partial charge in [-0.2, -0.15) is 8.78 Å². The molecule has 0 N–H and O–H groups in total. The SMILES string of the molecule is Cc1ccccc1CN(Cc1cccnc1)C(=O)c1ccc(S(=O)(=O)C(F)F)cc1. The van der Waals surface area contributed by atoms with Crippen LogP contribution in [0.15, 0.2) is 78.0 Å². The van der Waals surface area contributed by atoms with Crippen LogP contribution in [0, 0.1) is 6.92 Å². The van der Waals surface area contributed by atoms with Crippen molar-refractivity contribution < 1.29 is 22.0 Å². The highest BCUT2D eigenvalue weighted by molar-refractivity contribution is 7.91. The molecule has 1 heterocycles. The van der Waals surface area contributed by atoms with E-state index in [-0.39, 0.29) is 18.0 Å². The van der Waals surface area contributed by atoms with Crippen molar-refractivity contribution in [3.05, 3.63) is 95.3 Å². The van der Waals surface area contributed by atoms with Crippen molar-refractivity contribution >= 4 is 15.7 Å². The summed E-state index contributed by atoms with van der Waals surface area (Å²) in [7, 11) is -4.71. The lowest BCUT2D eigenvalue weighted by molar-refractivity contribution is 0.0729. The summed E-state index contributed by atoms with van der Waals surface area (Å²) >= 11 is 0. The predicted molar refractivity (Wildman–Crippen MR) is 109 cm³/mol. The fourth-order valence-electron chi connectivity index (χ4n) is 2.98. The number of benzene rings is 2. The van der Waals surface area contributed by atoms with Gasteiger partial charge in [-0.1, -0.05) is 30.3 Å². The average Bonchev–Trinajstić information content (AvgIpc) is 2.75. The van der Waals surface area contributed by atoms with Gasteiger partial charge in [0.05, 0.1) is 4.90 Å². The largest absolute Gasteiger partial charge is 0.341 e. The van der Waals surface area contributed by atoms with E-state index in [4.69, 9.17) is 0 Å². The van der Waals surface area contributed by atoms with Gasteiger partial charge in [0.1, 0.15) is 0 Å². The Labute approximate surface area is 173 Å². The van der Waals surface area contributed by atoms with Gasteiger partial charge in [-0.05, 0) is 53.9 Å². The Kier molecular flexibility index (Phi) is 6.56. The third-order valence-corrected chi connectivity index (χ3v) is 6.07. The van der Waals surface area contributed by atoms with Gasteiger partial charge in [0.2, 0.25) is 9.84 Å². The smallest absolute Gasteiger partial charge is 0.330 e. The van der Waals surface area contributed by atoms with Gasteiger partial charge in [0.25, 0.3) is 5.91 Å². The van der Waals surface area contributed by atoms with E-state index in [1.807, 2.05) is 37.3 Å². The molecule has 2 aromatic carbocycles. The first-order valence-corrected chi connectivity index (χ1v) is 10.7. The van der Waals surface area contributed by atoms with Crippen molar-refractivity contribution in [3.8, 4) is 0 Å². The molecular weight excluding hydrogens is 410 g/mol. The molecule has 0 spiro atoms. The van der Waals surface area contributed by atoms with Crippen LogP contribution in [-0.2, 0) is 22.9 Å². The number of amides is 1. The van der Waals surface area contributed by atoms with Gasteiger partial charge in [-0.3, -0.25) is 9.78 Å². The van der Waals surface area contributed by atoms with Crippen LogP contribution >= 0.6 is 0 Å². The molecule has 1 aromatic heterocycles. The minimum atomic E-state index is -4.71. The molecule has 0 bridgehead atoms. The van der Waals surface area contributed by atoms with Crippen LogP contribution in [0.25, 0.3) is 0 Å². The van der Waals surface area contributed by atoms with Gasteiger partial charge < -0.3 is 4.90 Å². The molecule has 0 saturated carbocycles. The number of aromatic nitrogens is 1. The molecule has 1 amide bonds. The van der Waals surface area contributed by atoms with E-state index in [0.717, 1.165) is 28.8 Å². The van der Waals surface area contributed by atoms with Gasteiger partial charge in [-0.15, -0.1) is 0 Å². The number of pyridine rings is 1. The number of halogens is 2. The maximum atomic E-state index is 13.2. The zero-order valence-electron chi connectivity index (χ0n) is 16.2. The van der Waals surface area contributed by atoms with Crippen LogP contribution in [0.2, 0.25) is 0 Å². The van der Waals surface area contributed by atoms with Gasteiger partial charge in [-0.25, -0.2) is 8.42 Å². The topological polar surface area (TPSA) is 67.3 Å². The molecule has 0 aliphatic carbocycles. The molecule has 30 heavy (non-hydrogen) atoms. The summed E-state index contributed by atoms with van der Waals surface area (Å²) in [6.07, 6.45) is 3.30. The highest BCUT2D eigenvalue weighted by atomic mass is 32.2. The lowest BCUT2D eigenvalue weighted by atomic mass is 10.1. The highest BCUT2D eigenvalue weighted by Gasteiger charge is 2.27. The number of aryl methyl sites for hydroxylation is 1. The Morgan fingerprint density at radius 1 is 1.00 bits per heavy atom. The van der Waals surface area contributed by atoms with Gasteiger partial charge in [0.15, 0.2) is 0 Å². The van der Waals surface area contributed by atoms with Crippen molar-refractivity contribution in [3.63, 3.8) is 0 Å². The minimum Gasteiger partial charge on any atom is -0.330 e. The van der Waals surface area contributed by atoms with Crippen LogP contribution in [0.1, 0.15) is 27.0 Å². The molecule has 0 fully saturated rings. The summed E-state index contributed by atoms with van der Waals surface area (Å²) in [5.74, 6) is -3.86. The third-order valence-electron chi connectivity index (χ3n) is 4.67. The lowest BCUT2D eigenvalue weighted by Crippen LogP contribution is -2.30. The average molecular weight is 430 g/mol. The summed E-state index contributed by atoms with van der Waals surface area (Å²) in [6.45, 7) is 2.57. The molecule has 3 aromatic rings.